The first-order chi connectivity index (χ1) is 12.3. The van der Waals surface area contributed by atoms with E-state index in [1.165, 1.54) is 11.9 Å². The number of nitrogens with one attached hydrogen (secondary N) is 1. The number of rotatable bonds is 6. The van der Waals surface area contributed by atoms with Gasteiger partial charge in [0.25, 0.3) is 0 Å². The lowest BCUT2D eigenvalue weighted by molar-refractivity contribution is -0.139. The summed E-state index contributed by atoms with van der Waals surface area (Å²) in [7, 11) is 1.54. The Bertz CT molecular complexity index is 811. The van der Waals surface area contributed by atoms with Crippen molar-refractivity contribution in [2.45, 2.75) is 25.9 Å². The third-order valence-corrected chi connectivity index (χ3v) is 4.97. The quantitative estimate of drug-likeness (QED) is 0.765. The summed E-state index contributed by atoms with van der Waals surface area (Å²) >= 11 is 18.0. The average Bonchev–Trinajstić information content (AvgIpc) is 2.61. The van der Waals surface area contributed by atoms with Crippen molar-refractivity contribution in [2.75, 3.05) is 7.05 Å². The maximum Gasteiger partial charge on any atom is 0.242 e. The fourth-order valence-corrected chi connectivity index (χ4v) is 3.08. The molecule has 0 aliphatic rings. The highest BCUT2D eigenvalue weighted by molar-refractivity contribution is 6.42. The average molecular weight is 414 g/mol. The van der Waals surface area contributed by atoms with Crippen molar-refractivity contribution in [2.24, 2.45) is 0 Å². The predicted molar refractivity (Wildman–Crippen MR) is 106 cm³/mol. The minimum atomic E-state index is -0.638. The van der Waals surface area contributed by atoms with E-state index in [1.807, 2.05) is 6.07 Å². The molecule has 2 amide bonds. The molecule has 2 aromatic carbocycles. The highest BCUT2D eigenvalue weighted by Gasteiger charge is 2.25. The third kappa shape index (κ3) is 5.37. The molecule has 1 N–H and O–H groups in total. The van der Waals surface area contributed by atoms with Gasteiger partial charge in [-0.05, 0) is 42.3 Å². The Morgan fingerprint density at radius 1 is 1.04 bits per heavy atom. The molecule has 1 unspecified atom stereocenters. The number of amides is 2. The van der Waals surface area contributed by atoms with Crippen LogP contribution in [0.4, 0.5) is 0 Å². The van der Waals surface area contributed by atoms with Crippen LogP contribution in [-0.2, 0) is 22.6 Å². The van der Waals surface area contributed by atoms with E-state index >= 15 is 0 Å². The van der Waals surface area contributed by atoms with Gasteiger partial charge in [-0.25, -0.2) is 0 Å². The van der Waals surface area contributed by atoms with Crippen LogP contribution in [0.3, 0.4) is 0 Å². The van der Waals surface area contributed by atoms with Gasteiger partial charge in [-0.15, -0.1) is 0 Å². The first-order valence-electron chi connectivity index (χ1n) is 8.01. The van der Waals surface area contributed by atoms with Gasteiger partial charge in [0.15, 0.2) is 0 Å². The van der Waals surface area contributed by atoms with Crippen LogP contribution in [0, 0.1) is 0 Å². The van der Waals surface area contributed by atoms with E-state index in [2.05, 4.69) is 5.32 Å². The lowest BCUT2D eigenvalue weighted by atomic mass is 10.1. The summed E-state index contributed by atoms with van der Waals surface area (Å²) in [5.41, 5.74) is 1.57. The van der Waals surface area contributed by atoms with Gasteiger partial charge in [-0.3, -0.25) is 9.59 Å². The van der Waals surface area contributed by atoms with Crippen LogP contribution in [-0.4, -0.2) is 29.8 Å². The highest BCUT2D eigenvalue weighted by atomic mass is 35.5. The number of likely N-dealkylation sites (N-methyl/N-ethyl adjacent to an activating group) is 1. The lowest BCUT2D eigenvalue weighted by Crippen LogP contribution is -2.47. The standard InChI is InChI=1S/C19H19Cl3N2O2/c1-12(19(26)23-2)24(11-14-6-7-16(21)17(22)9-14)18(25)10-13-4-3-5-15(20)8-13/h3-9,12H,10-11H2,1-2H3,(H,23,26). The fraction of sp³-hybridized carbons (Fsp3) is 0.263. The van der Waals surface area contributed by atoms with Crippen molar-refractivity contribution in [1.82, 2.24) is 10.2 Å². The summed E-state index contributed by atoms with van der Waals surface area (Å²) in [4.78, 5) is 26.5. The van der Waals surface area contributed by atoms with E-state index in [-0.39, 0.29) is 24.8 Å². The second-order valence-corrected chi connectivity index (χ2v) is 7.12. The number of halogens is 3. The van der Waals surface area contributed by atoms with Crippen molar-refractivity contribution >= 4 is 46.6 Å². The summed E-state index contributed by atoms with van der Waals surface area (Å²) in [6.45, 7) is 1.93. The number of carbonyl (C=O) groups is 2. The first-order valence-corrected chi connectivity index (χ1v) is 9.14. The summed E-state index contributed by atoms with van der Waals surface area (Å²) < 4.78 is 0. The summed E-state index contributed by atoms with van der Waals surface area (Å²) in [6.07, 6.45) is 0.142. The van der Waals surface area contributed by atoms with Crippen LogP contribution in [0.2, 0.25) is 15.1 Å². The molecule has 0 aliphatic heterocycles. The predicted octanol–water partition coefficient (Wildman–Crippen LogP) is 4.35. The summed E-state index contributed by atoms with van der Waals surface area (Å²) in [6, 6.07) is 11.6. The molecule has 0 fully saturated rings. The minimum Gasteiger partial charge on any atom is -0.357 e. The number of nitrogens with zero attached hydrogens (tertiary/aromatic N) is 1. The molecule has 1 atom stereocenters. The molecule has 138 valence electrons. The maximum atomic E-state index is 12.9. The number of hydrogen-bond acceptors (Lipinski definition) is 2. The normalized spacial score (nSPS) is 11.7. The Morgan fingerprint density at radius 2 is 1.77 bits per heavy atom. The molecule has 0 bridgehead atoms. The Labute approximate surface area is 168 Å². The van der Waals surface area contributed by atoms with Gasteiger partial charge in [-0.1, -0.05) is 53.0 Å². The second-order valence-electron chi connectivity index (χ2n) is 5.87. The SMILES string of the molecule is CNC(=O)C(C)N(Cc1ccc(Cl)c(Cl)c1)C(=O)Cc1cccc(Cl)c1. The van der Waals surface area contributed by atoms with Crippen LogP contribution in [0.25, 0.3) is 0 Å². The zero-order valence-corrected chi connectivity index (χ0v) is 16.7. The summed E-state index contributed by atoms with van der Waals surface area (Å²) in [5, 5.41) is 3.98. The van der Waals surface area contributed by atoms with Crippen LogP contribution >= 0.6 is 34.8 Å². The molecule has 7 heteroatoms. The first kappa shape index (κ1) is 20.6. The highest BCUT2D eigenvalue weighted by Crippen LogP contribution is 2.24. The number of benzene rings is 2. The van der Waals surface area contributed by atoms with Crippen molar-refractivity contribution in [3.05, 3.63) is 68.7 Å². The molecular weight excluding hydrogens is 395 g/mol. The molecule has 0 aromatic heterocycles. The van der Waals surface area contributed by atoms with Gasteiger partial charge < -0.3 is 10.2 Å². The molecule has 0 spiro atoms. The zero-order valence-electron chi connectivity index (χ0n) is 14.4. The lowest BCUT2D eigenvalue weighted by Gasteiger charge is -2.28. The third-order valence-electron chi connectivity index (χ3n) is 4.00. The van der Waals surface area contributed by atoms with Crippen LogP contribution in [0.15, 0.2) is 42.5 Å². The number of hydrogen-bond donors (Lipinski definition) is 1. The molecule has 4 nitrogen and oxygen atoms in total. The van der Waals surface area contributed by atoms with Crippen molar-refractivity contribution < 1.29 is 9.59 Å². The van der Waals surface area contributed by atoms with E-state index in [4.69, 9.17) is 34.8 Å². The Morgan fingerprint density at radius 3 is 2.38 bits per heavy atom. The topological polar surface area (TPSA) is 49.4 Å². The van der Waals surface area contributed by atoms with Crippen molar-refractivity contribution in [1.29, 1.82) is 0 Å². The van der Waals surface area contributed by atoms with E-state index < -0.39 is 6.04 Å². The van der Waals surface area contributed by atoms with E-state index in [0.717, 1.165) is 11.1 Å². The van der Waals surface area contributed by atoms with Crippen LogP contribution < -0.4 is 5.32 Å². The molecular formula is C19H19Cl3N2O2. The van der Waals surface area contributed by atoms with Gasteiger partial charge in [0.05, 0.1) is 16.5 Å². The van der Waals surface area contributed by atoms with E-state index in [1.54, 1.807) is 43.3 Å². The molecule has 0 radical (unpaired) electrons. The van der Waals surface area contributed by atoms with Crippen molar-refractivity contribution in [3.63, 3.8) is 0 Å². The molecule has 0 heterocycles. The second kappa shape index (κ2) is 9.26. The Hall–Kier alpha value is -1.75. The molecule has 0 aliphatic carbocycles. The largest absolute Gasteiger partial charge is 0.357 e. The molecule has 0 saturated carbocycles. The van der Waals surface area contributed by atoms with Gasteiger partial charge >= 0.3 is 0 Å². The smallest absolute Gasteiger partial charge is 0.242 e. The van der Waals surface area contributed by atoms with Crippen LogP contribution in [0.5, 0.6) is 0 Å². The maximum absolute atomic E-state index is 12.9. The molecule has 0 saturated heterocycles. The number of carbonyl (C=O) groups excluding carboxylic acids is 2. The fourth-order valence-electron chi connectivity index (χ4n) is 2.55. The van der Waals surface area contributed by atoms with E-state index in [9.17, 15) is 9.59 Å². The minimum absolute atomic E-state index is 0.142. The van der Waals surface area contributed by atoms with Gasteiger partial charge in [-0.2, -0.15) is 0 Å². The zero-order chi connectivity index (χ0) is 19.3. The molecule has 26 heavy (non-hydrogen) atoms. The molecule has 2 aromatic rings. The molecule has 2 rings (SSSR count). The van der Waals surface area contributed by atoms with Crippen molar-refractivity contribution in [3.8, 4) is 0 Å². The Kier molecular flexibility index (Phi) is 7.33. The Balaban J connectivity index is 2.26. The van der Waals surface area contributed by atoms with E-state index in [0.29, 0.717) is 15.1 Å². The monoisotopic (exact) mass is 412 g/mol. The summed E-state index contributed by atoms with van der Waals surface area (Å²) in [5.74, 6) is -0.432. The van der Waals surface area contributed by atoms with Gasteiger partial charge in [0.1, 0.15) is 6.04 Å². The van der Waals surface area contributed by atoms with Crippen LogP contribution in [0.1, 0.15) is 18.1 Å². The van der Waals surface area contributed by atoms with Gasteiger partial charge in [0.2, 0.25) is 11.8 Å². The van der Waals surface area contributed by atoms with Gasteiger partial charge in [0, 0.05) is 18.6 Å².